The van der Waals surface area contributed by atoms with Gasteiger partial charge >= 0.3 is 23.9 Å². The highest BCUT2D eigenvalue weighted by Gasteiger charge is 2.42. The Morgan fingerprint density at radius 2 is 1.12 bits per heavy atom. The first-order valence-electron chi connectivity index (χ1n) is 24.7. The maximum Gasteiger partial charge on any atom is 0.419 e. The van der Waals surface area contributed by atoms with Crippen molar-refractivity contribution >= 4 is 17.9 Å². The van der Waals surface area contributed by atoms with Gasteiger partial charge in [-0.25, -0.2) is 0 Å². The van der Waals surface area contributed by atoms with E-state index in [1.807, 2.05) is 6.07 Å². The van der Waals surface area contributed by atoms with Gasteiger partial charge in [0.05, 0.1) is 13.0 Å². The van der Waals surface area contributed by atoms with Crippen LogP contribution in [0, 0.1) is 13.8 Å². The zero-order chi connectivity index (χ0) is 43.4. The minimum atomic E-state index is -1.57. The van der Waals surface area contributed by atoms with Crippen molar-refractivity contribution in [1.82, 2.24) is 4.90 Å². The van der Waals surface area contributed by atoms with E-state index in [0.717, 1.165) is 103 Å². The van der Waals surface area contributed by atoms with Crippen molar-refractivity contribution in [3.05, 3.63) is 37.6 Å². The second kappa shape index (κ2) is 35.8. The summed E-state index contributed by atoms with van der Waals surface area (Å²) in [5, 5.41) is 0. The molecular weight excluding hydrogens is 755 g/mol. The summed E-state index contributed by atoms with van der Waals surface area (Å²) >= 11 is 0. The van der Waals surface area contributed by atoms with Crippen molar-refractivity contribution < 1.29 is 38.1 Å². The number of carbonyl (C=O) groups is 3. The minimum absolute atomic E-state index is 0.0702. The highest BCUT2D eigenvalue weighted by atomic mass is 16.9. The summed E-state index contributed by atoms with van der Waals surface area (Å²) in [7, 11) is 0. The molecule has 0 amide bonds. The van der Waals surface area contributed by atoms with Crippen molar-refractivity contribution in [3.8, 4) is 11.5 Å². The third-order valence-electron chi connectivity index (χ3n) is 11.4. The molecule has 1 atom stereocenters. The van der Waals surface area contributed by atoms with E-state index < -0.39 is 5.97 Å². The molecule has 9 heteroatoms. The maximum atomic E-state index is 13.1. The molecule has 3 aliphatic rings. The Morgan fingerprint density at radius 1 is 0.600 bits per heavy atom. The van der Waals surface area contributed by atoms with E-state index in [4.69, 9.17) is 23.7 Å². The average molecular weight is 842 g/mol. The monoisotopic (exact) mass is 842 g/mol. The molecule has 3 heterocycles. The lowest BCUT2D eigenvalue weighted by atomic mass is 10.1. The molecule has 0 spiro atoms. The smallest absolute Gasteiger partial charge is 0.419 e. The molecule has 2 bridgehead atoms. The first kappa shape index (κ1) is 53.3. The lowest BCUT2D eigenvalue weighted by Gasteiger charge is -2.31. The number of fused-ring (bicyclic) bond motifs is 4. The number of benzene rings is 1. The van der Waals surface area contributed by atoms with Crippen LogP contribution >= 0.6 is 0 Å². The number of hydrogen-bond donors (Lipinski definition) is 0. The molecule has 1 unspecified atom stereocenters. The van der Waals surface area contributed by atoms with E-state index in [0.29, 0.717) is 49.4 Å². The number of carbonyl (C=O) groups excluding carboxylic acids is 3. The molecule has 0 N–H and O–H groups in total. The van der Waals surface area contributed by atoms with Crippen LogP contribution < -0.4 is 9.47 Å². The summed E-state index contributed by atoms with van der Waals surface area (Å²) in [6.45, 7) is 15.7. The Kier molecular flexibility index (Phi) is 31.8. The topological polar surface area (TPSA) is 101 Å². The number of likely N-dealkylation sites (tertiary alicyclic amines) is 1. The van der Waals surface area contributed by atoms with Crippen molar-refractivity contribution in [3.63, 3.8) is 0 Å². The number of rotatable bonds is 36. The maximum absolute atomic E-state index is 13.1. The second-order valence-corrected chi connectivity index (χ2v) is 17.0. The molecule has 0 aromatic heterocycles. The molecule has 2 radical (unpaired) electrons. The van der Waals surface area contributed by atoms with E-state index in [2.05, 4.69) is 32.6 Å². The summed E-state index contributed by atoms with van der Waals surface area (Å²) < 4.78 is 29.8. The zero-order valence-electron chi connectivity index (χ0n) is 38.5. The van der Waals surface area contributed by atoms with Crippen LogP contribution in [0.3, 0.4) is 0 Å². The van der Waals surface area contributed by atoms with Gasteiger partial charge in [-0.2, -0.15) is 0 Å². The van der Waals surface area contributed by atoms with Gasteiger partial charge in [0, 0.05) is 24.8 Å². The van der Waals surface area contributed by atoms with Gasteiger partial charge < -0.3 is 28.6 Å². The van der Waals surface area contributed by atoms with Gasteiger partial charge in [0.2, 0.25) is 0 Å². The summed E-state index contributed by atoms with van der Waals surface area (Å²) in [4.78, 5) is 40.2. The van der Waals surface area contributed by atoms with E-state index in [1.165, 1.54) is 96.3 Å². The minimum Gasteiger partial charge on any atom is -0.466 e. The molecule has 3 aliphatic heterocycles. The zero-order valence-corrected chi connectivity index (χ0v) is 38.5. The fraction of sp³-hybridized carbons (Fsp3) is 0.784. The van der Waals surface area contributed by atoms with Gasteiger partial charge in [-0.3, -0.25) is 14.4 Å². The SMILES string of the molecule is CCCCCCCCCC(=O)OCCCCCCCC1(OC(=O)CCCCCCCCC)Oc2ccc(c(COC(=O)CCCN3CCCC3)c2)O1.[CH2]CCCCCC[CH2]. The number of unbranched alkanes of at least 4 members (excludes halogenated alkanes) is 21. The first-order valence-corrected chi connectivity index (χ1v) is 24.7. The van der Waals surface area contributed by atoms with Gasteiger partial charge in [-0.15, -0.1) is 0 Å². The van der Waals surface area contributed by atoms with Crippen molar-refractivity contribution in [2.24, 2.45) is 0 Å². The lowest BCUT2D eigenvalue weighted by molar-refractivity contribution is -0.287. The van der Waals surface area contributed by atoms with Gasteiger partial charge in [0.1, 0.15) is 18.1 Å². The highest BCUT2D eigenvalue weighted by molar-refractivity contribution is 5.70. The fourth-order valence-electron chi connectivity index (χ4n) is 7.69. The van der Waals surface area contributed by atoms with Crippen LogP contribution in [0.5, 0.6) is 11.5 Å². The van der Waals surface area contributed by atoms with E-state index in [1.54, 1.807) is 12.1 Å². The molecule has 344 valence electrons. The summed E-state index contributed by atoms with van der Waals surface area (Å²) in [5.74, 6) is -1.21. The van der Waals surface area contributed by atoms with Crippen molar-refractivity contribution in [2.75, 3.05) is 26.2 Å². The molecule has 1 fully saturated rings. The Morgan fingerprint density at radius 3 is 1.73 bits per heavy atom. The molecule has 0 aliphatic carbocycles. The number of hydrogen-bond acceptors (Lipinski definition) is 9. The molecule has 4 rings (SSSR count). The van der Waals surface area contributed by atoms with Crippen LogP contribution in [-0.2, 0) is 35.2 Å². The lowest BCUT2D eigenvalue weighted by Crippen LogP contribution is -2.46. The predicted octanol–water partition coefficient (Wildman–Crippen LogP) is 13.7. The first-order chi connectivity index (χ1) is 29.3. The van der Waals surface area contributed by atoms with E-state index in [-0.39, 0.29) is 24.5 Å². The summed E-state index contributed by atoms with van der Waals surface area (Å²) in [5.41, 5.74) is 0.692. The molecule has 60 heavy (non-hydrogen) atoms. The fourth-order valence-corrected chi connectivity index (χ4v) is 7.69. The van der Waals surface area contributed by atoms with Crippen molar-refractivity contribution in [1.29, 1.82) is 0 Å². The Bertz CT molecular complexity index is 1230. The predicted molar refractivity (Wildman–Crippen MR) is 244 cm³/mol. The Balaban J connectivity index is 0.00000140. The third-order valence-corrected chi connectivity index (χ3v) is 11.4. The highest BCUT2D eigenvalue weighted by Crippen LogP contribution is 2.38. The second-order valence-electron chi connectivity index (χ2n) is 17.0. The van der Waals surface area contributed by atoms with Crippen LogP contribution in [0.2, 0.25) is 0 Å². The van der Waals surface area contributed by atoms with Crippen LogP contribution in [0.15, 0.2) is 18.2 Å². The molecule has 1 aromatic rings. The quantitative estimate of drug-likeness (QED) is 0.0371. The average Bonchev–Trinajstić information content (AvgIpc) is 3.64. The largest absolute Gasteiger partial charge is 0.466 e. The number of ether oxygens (including phenoxy) is 5. The van der Waals surface area contributed by atoms with Gasteiger partial charge in [-0.05, 0) is 82.8 Å². The Hall–Kier alpha value is -2.81. The molecule has 0 saturated carbocycles. The van der Waals surface area contributed by atoms with Crippen molar-refractivity contribution in [2.45, 2.75) is 232 Å². The van der Waals surface area contributed by atoms with E-state index in [9.17, 15) is 14.4 Å². The molecule has 1 aromatic carbocycles. The molecule has 1 saturated heterocycles. The van der Waals surface area contributed by atoms with E-state index >= 15 is 0 Å². The summed E-state index contributed by atoms with van der Waals surface area (Å²) in [6.07, 6.45) is 32.7. The van der Waals surface area contributed by atoms with Crippen LogP contribution in [0.25, 0.3) is 0 Å². The Labute approximate surface area is 367 Å². The molecular formula is C51H87NO8. The third kappa shape index (κ3) is 26.5. The van der Waals surface area contributed by atoms with Crippen LogP contribution in [-0.4, -0.2) is 55.0 Å². The van der Waals surface area contributed by atoms with Crippen LogP contribution in [0.1, 0.15) is 225 Å². The number of nitrogens with zero attached hydrogens (tertiary/aromatic N) is 1. The summed E-state index contributed by atoms with van der Waals surface area (Å²) in [6, 6.07) is 5.41. The standard InChI is InChI=1S/C43H71NO8.C8H16/c1-3-5-7-9-11-14-18-25-40(45)48-34-23-17-13-16-20-30-43(52-42(47)26-19-15-12-10-8-6-4-2)50-38-28-29-39(51-43)37(35-38)36-49-41(46)27-24-33-44-31-21-22-32-44;1-3-5-7-8-6-4-2/h28-29,35H,3-27,30-34,36H2,1-2H3;1-8H2. The van der Waals surface area contributed by atoms with Gasteiger partial charge in [0.25, 0.3) is 0 Å². The van der Waals surface area contributed by atoms with Gasteiger partial charge in [-0.1, -0.05) is 163 Å². The number of esters is 3. The molecule has 9 nitrogen and oxygen atoms in total. The normalized spacial score (nSPS) is 15.7. The van der Waals surface area contributed by atoms with Crippen LogP contribution in [0.4, 0.5) is 0 Å². The van der Waals surface area contributed by atoms with Gasteiger partial charge in [0.15, 0.2) is 0 Å².